The van der Waals surface area contributed by atoms with E-state index >= 15 is 0 Å². The summed E-state index contributed by atoms with van der Waals surface area (Å²) in [6.45, 7) is 1.75. The zero-order valence-corrected chi connectivity index (χ0v) is 8.95. The Morgan fingerprint density at radius 3 is 3.07 bits per heavy atom. The van der Waals surface area contributed by atoms with Crippen molar-refractivity contribution in [2.75, 3.05) is 25.5 Å². The highest BCUT2D eigenvalue weighted by molar-refractivity contribution is 7.80. The lowest BCUT2D eigenvalue weighted by molar-refractivity contribution is 0.793. The van der Waals surface area contributed by atoms with Gasteiger partial charge in [0.1, 0.15) is 5.82 Å². The van der Waals surface area contributed by atoms with Gasteiger partial charge in [-0.05, 0) is 24.7 Å². The molecule has 0 atom stereocenters. The number of hydrogen-bond donors (Lipinski definition) is 4. The lowest BCUT2D eigenvalue weighted by Crippen LogP contribution is -2.33. The molecular weight excluding hydrogens is 198 g/mol. The first-order chi connectivity index (χ1) is 6.83. The largest absolute Gasteiger partial charge is 0.370 e. The minimum atomic E-state index is 0.687. The van der Waals surface area contributed by atoms with E-state index in [9.17, 15) is 0 Å². The molecule has 0 aliphatic heterocycles. The zero-order chi connectivity index (χ0) is 10.2. The summed E-state index contributed by atoms with van der Waals surface area (Å²) in [5.41, 5.74) is 0. The lowest BCUT2D eigenvalue weighted by Gasteiger charge is -2.07. The molecule has 5 nitrogen and oxygen atoms in total. The molecule has 0 aliphatic rings. The first kappa shape index (κ1) is 10.8. The standard InChI is InChI=1S/C8H15N5S/c1-9-8(14)11-5-2-4-10-7-3-6-12-13-7/h3,6H,2,4-5H2,1H3,(H2,9,11,14)(H2,10,12,13). The van der Waals surface area contributed by atoms with Gasteiger partial charge in [-0.2, -0.15) is 5.10 Å². The highest BCUT2D eigenvalue weighted by Gasteiger charge is 1.92. The van der Waals surface area contributed by atoms with E-state index in [2.05, 4.69) is 26.1 Å². The quantitative estimate of drug-likeness (QED) is 0.419. The Bertz CT molecular complexity index is 259. The molecule has 0 fully saturated rings. The maximum atomic E-state index is 4.93. The summed E-state index contributed by atoms with van der Waals surface area (Å²) in [5, 5.41) is 16.5. The molecule has 0 saturated carbocycles. The number of thiocarbonyl (C=S) groups is 1. The average Bonchev–Trinajstić information content (AvgIpc) is 2.69. The third-order valence-corrected chi connectivity index (χ3v) is 2.03. The van der Waals surface area contributed by atoms with Crippen LogP contribution in [0.5, 0.6) is 0 Å². The molecule has 1 rings (SSSR count). The molecule has 0 spiro atoms. The molecule has 0 bridgehead atoms. The summed E-state index contributed by atoms with van der Waals surface area (Å²) in [5.74, 6) is 0.946. The molecule has 78 valence electrons. The van der Waals surface area contributed by atoms with Crippen molar-refractivity contribution in [3.8, 4) is 0 Å². The molecule has 0 radical (unpaired) electrons. The summed E-state index contributed by atoms with van der Waals surface area (Å²) in [6.07, 6.45) is 2.72. The van der Waals surface area contributed by atoms with E-state index in [4.69, 9.17) is 12.2 Å². The Kier molecular flexibility index (Phi) is 4.77. The maximum absolute atomic E-state index is 4.93. The van der Waals surface area contributed by atoms with E-state index in [1.165, 1.54) is 0 Å². The van der Waals surface area contributed by atoms with Gasteiger partial charge < -0.3 is 16.0 Å². The fourth-order valence-electron chi connectivity index (χ4n) is 0.956. The van der Waals surface area contributed by atoms with E-state index < -0.39 is 0 Å². The van der Waals surface area contributed by atoms with Gasteiger partial charge in [-0.25, -0.2) is 0 Å². The van der Waals surface area contributed by atoms with Crippen LogP contribution in [0, 0.1) is 0 Å². The van der Waals surface area contributed by atoms with Gasteiger partial charge in [0.2, 0.25) is 0 Å². The third kappa shape index (κ3) is 4.08. The molecule has 0 saturated heterocycles. The molecule has 1 heterocycles. The summed E-state index contributed by atoms with van der Waals surface area (Å²) in [7, 11) is 1.80. The van der Waals surface area contributed by atoms with E-state index in [1.54, 1.807) is 13.2 Å². The van der Waals surface area contributed by atoms with Crippen molar-refractivity contribution < 1.29 is 0 Å². The Morgan fingerprint density at radius 1 is 1.57 bits per heavy atom. The second kappa shape index (κ2) is 6.20. The summed E-state index contributed by atoms with van der Waals surface area (Å²) < 4.78 is 0. The molecule has 1 aromatic heterocycles. The Morgan fingerprint density at radius 2 is 2.43 bits per heavy atom. The van der Waals surface area contributed by atoms with Crippen LogP contribution in [0.25, 0.3) is 0 Å². The molecule has 6 heteroatoms. The van der Waals surface area contributed by atoms with Crippen LogP contribution in [0.3, 0.4) is 0 Å². The molecule has 0 unspecified atom stereocenters. The normalized spacial score (nSPS) is 9.50. The number of rotatable bonds is 5. The van der Waals surface area contributed by atoms with Gasteiger partial charge in [-0.3, -0.25) is 5.10 Å². The van der Waals surface area contributed by atoms with E-state index in [1.807, 2.05) is 6.07 Å². The van der Waals surface area contributed by atoms with Gasteiger partial charge in [-0.1, -0.05) is 0 Å². The topological polar surface area (TPSA) is 64.8 Å². The van der Waals surface area contributed by atoms with Gasteiger partial charge in [0.25, 0.3) is 0 Å². The Hall–Kier alpha value is -1.30. The van der Waals surface area contributed by atoms with Crippen molar-refractivity contribution in [3.05, 3.63) is 12.3 Å². The van der Waals surface area contributed by atoms with Crippen LogP contribution in [0.1, 0.15) is 6.42 Å². The fourth-order valence-corrected chi connectivity index (χ4v) is 1.06. The summed E-state index contributed by atoms with van der Waals surface area (Å²) in [6, 6.07) is 1.89. The van der Waals surface area contributed by atoms with Gasteiger partial charge in [-0.15, -0.1) is 0 Å². The summed E-state index contributed by atoms with van der Waals surface area (Å²) >= 11 is 4.93. The molecular formula is C8H15N5S. The van der Waals surface area contributed by atoms with Gasteiger partial charge >= 0.3 is 0 Å². The molecule has 0 aromatic carbocycles. The number of hydrogen-bond acceptors (Lipinski definition) is 3. The van der Waals surface area contributed by atoms with Crippen LogP contribution in [-0.2, 0) is 0 Å². The molecule has 14 heavy (non-hydrogen) atoms. The number of aromatic nitrogens is 2. The first-order valence-electron chi connectivity index (χ1n) is 4.52. The minimum Gasteiger partial charge on any atom is -0.370 e. The fraction of sp³-hybridized carbons (Fsp3) is 0.500. The summed E-state index contributed by atoms with van der Waals surface area (Å²) in [4.78, 5) is 0. The van der Waals surface area contributed by atoms with Crippen molar-refractivity contribution >= 4 is 23.1 Å². The molecule has 0 aliphatic carbocycles. The molecule has 4 N–H and O–H groups in total. The van der Waals surface area contributed by atoms with Crippen molar-refractivity contribution in [1.29, 1.82) is 0 Å². The minimum absolute atomic E-state index is 0.687. The first-order valence-corrected chi connectivity index (χ1v) is 4.92. The predicted molar refractivity (Wildman–Crippen MR) is 61.4 cm³/mol. The zero-order valence-electron chi connectivity index (χ0n) is 8.13. The van der Waals surface area contributed by atoms with Gasteiger partial charge in [0.05, 0.1) is 6.20 Å². The second-order valence-corrected chi connectivity index (χ2v) is 3.16. The second-order valence-electron chi connectivity index (χ2n) is 2.76. The van der Waals surface area contributed by atoms with Crippen molar-refractivity contribution in [2.24, 2.45) is 0 Å². The van der Waals surface area contributed by atoms with Crippen LogP contribution in [0.2, 0.25) is 0 Å². The SMILES string of the molecule is CNC(=S)NCCCNc1ccn[nH]1. The van der Waals surface area contributed by atoms with Crippen LogP contribution in [0.4, 0.5) is 5.82 Å². The van der Waals surface area contributed by atoms with Crippen LogP contribution < -0.4 is 16.0 Å². The van der Waals surface area contributed by atoms with E-state index in [0.717, 1.165) is 25.3 Å². The monoisotopic (exact) mass is 213 g/mol. The number of aromatic amines is 1. The average molecular weight is 213 g/mol. The predicted octanol–water partition coefficient (Wildman–Crippen LogP) is 0.306. The van der Waals surface area contributed by atoms with Crippen LogP contribution in [-0.4, -0.2) is 35.4 Å². The van der Waals surface area contributed by atoms with Gasteiger partial charge in [0, 0.05) is 20.1 Å². The highest BCUT2D eigenvalue weighted by atomic mass is 32.1. The molecule has 0 amide bonds. The van der Waals surface area contributed by atoms with Crippen molar-refractivity contribution in [3.63, 3.8) is 0 Å². The van der Waals surface area contributed by atoms with E-state index in [-0.39, 0.29) is 0 Å². The van der Waals surface area contributed by atoms with E-state index in [0.29, 0.717) is 5.11 Å². The third-order valence-electron chi connectivity index (χ3n) is 1.68. The van der Waals surface area contributed by atoms with Crippen LogP contribution in [0.15, 0.2) is 12.3 Å². The number of H-pyrrole nitrogens is 1. The smallest absolute Gasteiger partial charge is 0.166 e. The number of nitrogens with one attached hydrogen (secondary N) is 4. The number of anilines is 1. The highest BCUT2D eigenvalue weighted by Crippen LogP contribution is 1.97. The number of nitrogens with zero attached hydrogens (tertiary/aromatic N) is 1. The lowest BCUT2D eigenvalue weighted by atomic mass is 10.4. The van der Waals surface area contributed by atoms with Crippen LogP contribution >= 0.6 is 12.2 Å². The Balaban J connectivity index is 1.97. The molecule has 1 aromatic rings. The maximum Gasteiger partial charge on any atom is 0.166 e. The van der Waals surface area contributed by atoms with Crippen molar-refractivity contribution in [1.82, 2.24) is 20.8 Å². The van der Waals surface area contributed by atoms with Crippen molar-refractivity contribution in [2.45, 2.75) is 6.42 Å². The van der Waals surface area contributed by atoms with Gasteiger partial charge in [0.15, 0.2) is 5.11 Å². The Labute approximate surface area is 88.7 Å².